The number of halogens is 3. The van der Waals surface area contributed by atoms with Gasteiger partial charge in [0.25, 0.3) is 0 Å². The number of aromatic nitrogens is 1. The summed E-state index contributed by atoms with van der Waals surface area (Å²) in [6.45, 7) is 0.220. The van der Waals surface area contributed by atoms with E-state index in [0.717, 1.165) is 0 Å². The van der Waals surface area contributed by atoms with Crippen LogP contribution in [-0.4, -0.2) is 42.1 Å². The molecule has 1 fully saturated rings. The molecule has 0 N–H and O–H groups in total. The van der Waals surface area contributed by atoms with Crippen molar-refractivity contribution in [1.29, 1.82) is 0 Å². The molecule has 0 bridgehead atoms. The number of pyridine rings is 1. The number of nitrogens with zero attached hydrogens (tertiary/aromatic N) is 2. The molecule has 0 saturated carbocycles. The Morgan fingerprint density at radius 2 is 1.75 bits per heavy atom. The summed E-state index contributed by atoms with van der Waals surface area (Å²) in [5.41, 5.74) is 1.36. The van der Waals surface area contributed by atoms with Crippen molar-refractivity contribution in [2.24, 2.45) is 0 Å². The van der Waals surface area contributed by atoms with E-state index in [1.165, 1.54) is 50.2 Å². The van der Waals surface area contributed by atoms with Crippen LogP contribution in [0, 0.1) is 0 Å². The molecular formula is C18H17F3N2O4S. The van der Waals surface area contributed by atoms with Crippen molar-refractivity contribution >= 4 is 17.7 Å². The minimum absolute atomic E-state index is 0.0912. The van der Waals surface area contributed by atoms with Crippen molar-refractivity contribution in [3.8, 4) is 17.2 Å². The molecule has 150 valence electrons. The van der Waals surface area contributed by atoms with E-state index in [1.807, 2.05) is 0 Å². The minimum Gasteiger partial charge on any atom is -0.495 e. The van der Waals surface area contributed by atoms with Crippen molar-refractivity contribution in [2.45, 2.75) is 18.3 Å². The fourth-order valence-corrected chi connectivity index (χ4v) is 4.10. The second-order valence-corrected chi connectivity index (χ2v) is 6.90. The second-order valence-electron chi connectivity index (χ2n) is 5.83. The number of thioether (sulfide) groups is 1. The summed E-state index contributed by atoms with van der Waals surface area (Å²) in [7, 11) is 3.01. The molecule has 2 aromatic rings. The van der Waals surface area contributed by atoms with Crippen LogP contribution in [0.4, 0.5) is 13.2 Å². The molecule has 1 saturated heterocycles. The Labute approximate surface area is 163 Å². The molecule has 28 heavy (non-hydrogen) atoms. The van der Waals surface area contributed by atoms with Crippen LogP contribution in [-0.2, 0) is 11.3 Å². The summed E-state index contributed by atoms with van der Waals surface area (Å²) in [4.78, 5) is 18.1. The van der Waals surface area contributed by atoms with E-state index >= 15 is 0 Å². The number of methoxy groups -OCH3 is 2. The Kier molecular flexibility index (Phi) is 5.87. The van der Waals surface area contributed by atoms with Gasteiger partial charge in [-0.3, -0.25) is 9.78 Å². The van der Waals surface area contributed by atoms with Gasteiger partial charge in [-0.25, -0.2) is 0 Å². The first-order valence-corrected chi connectivity index (χ1v) is 9.19. The number of hydrogen-bond acceptors (Lipinski definition) is 6. The van der Waals surface area contributed by atoms with E-state index in [0.29, 0.717) is 22.6 Å². The number of alkyl halides is 3. The van der Waals surface area contributed by atoms with Gasteiger partial charge in [-0.2, -0.15) is 0 Å². The average Bonchev–Trinajstić information content (AvgIpc) is 3.01. The summed E-state index contributed by atoms with van der Waals surface area (Å²) in [6, 6.07) is 5.43. The predicted molar refractivity (Wildman–Crippen MR) is 96.2 cm³/mol. The van der Waals surface area contributed by atoms with Gasteiger partial charge in [-0.15, -0.1) is 24.9 Å². The second kappa shape index (κ2) is 8.17. The van der Waals surface area contributed by atoms with Crippen molar-refractivity contribution in [2.75, 3.05) is 20.0 Å². The zero-order valence-electron chi connectivity index (χ0n) is 15.0. The minimum atomic E-state index is -4.75. The van der Waals surface area contributed by atoms with Gasteiger partial charge in [0.2, 0.25) is 5.91 Å². The summed E-state index contributed by atoms with van der Waals surface area (Å²) in [6.07, 6.45) is -1.66. The Morgan fingerprint density at radius 3 is 2.29 bits per heavy atom. The number of carbonyl (C=O) groups excluding carboxylic acids is 1. The summed E-state index contributed by atoms with van der Waals surface area (Å²) in [5.74, 6) is 0.851. The molecule has 10 heteroatoms. The Bertz CT molecular complexity index is 823. The summed E-state index contributed by atoms with van der Waals surface area (Å²) >= 11 is 1.42. The van der Waals surface area contributed by atoms with Gasteiger partial charge in [0.15, 0.2) is 0 Å². The monoisotopic (exact) mass is 414 g/mol. The number of rotatable bonds is 6. The largest absolute Gasteiger partial charge is 0.573 e. The lowest BCUT2D eigenvalue weighted by Crippen LogP contribution is -2.28. The van der Waals surface area contributed by atoms with Gasteiger partial charge < -0.3 is 19.1 Å². The number of benzene rings is 1. The third-order valence-corrected chi connectivity index (χ3v) is 5.30. The normalized spacial score (nSPS) is 17.0. The highest BCUT2D eigenvalue weighted by Gasteiger charge is 2.37. The van der Waals surface area contributed by atoms with Crippen LogP contribution in [0.3, 0.4) is 0 Å². The summed E-state index contributed by atoms with van der Waals surface area (Å²) in [5, 5.41) is -0.369. The first-order chi connectivity index (χ1) is 13.3. The molecule has 1 aliphatic heterocycles. The molecule has 6 nitrogen and oxygen atoms in total. The van der Waals surface area contributed by atoms with E-state index in [1.54, 1.807) is 17.3 Å². The fourth-order valence-electron chi connectivity index (χ4n) is 2.86. The molecule has 1 unspecified atom stereocenters. The van der Waals surface area contributed by atoms with Gasteiger partial charge in [0.1, 0.15) is 22.6 Å². The van der Waals surface area contributed by atoms with E-state index in [2.05, 4.69) is 9.72 Å². The van der Waals surface area contributed by atoms with Gasteiger partial charge >= 0.3 is 6.36 Å². The predicted octanol–water partition coefficient (Wildman–Crippen LogP) is 3.77. The van der Waals surface area contributed by atoms with Crippen molar-refractivity contribution < 1.29 is 32.2 Å². The van der Waals surface area contributed by atoms with Crippen LogP contribution in [0.25, 0.3) is 0 Å². The molecule has 0 spiro atoms. The average molecular weight is 414 g/mol. The molecule has 2 heterocycles. The zero-order chi connectivity index (χ0) is 20.3. The standard InChI is InChI=1S/C18H17F3N2O4S/c1-25-13-7-22-8-14(26-2)16(13)17-23(15(24)10-28-17)9-11-3-5-12(6-4-11)27-18(19,20)21/h3-8,17H,9-10H2,1-2H3. The van der Waals surface area contributed by atoms with Gasteiger partial charge in [0.05, 0.1) is 37.9 Å². The molecule has 1 aliphatic rings. The van der Waals surface area contributed by atoms with Gasteiger partial charge in [0, 0.05) is 6.54 Å². The first-order valence-electron chi connectivity index (χ1n) is 8.14. The molecule has 0 aliphatic carbocycles. The quantitative estimate of drug-likeness (QED) is 0.717. The van der Waals surface area contributed by atoms with Crippen molar-refractivity contribution in [3.63, 3.8) is 0 Å². The van der Waals surface area contributed by atoms with Crippen LogP contribution in [0.15, 0.2) is 36.7 Å². The third kappa shape index (κ3) is 4.44. The van der Waals surface area contributed by atoms with Crippen LogP contribution in [0.2, 0.25) is 0 Å². The van der Waals surface area contributed by atoms with Crippen LogP contribution in [0.1, 0.15) is 16.5 Å². The molecule has 0 radical (unpaired) electrons. The van der Waals surface area contributed by atoms with Crippen molar-refractivity contribution in [3.05, 3.63) is 47.8 Å². The van der Waals surface area contributed by atoms with E-state index < -0.39 is 6.36 Å². The molecule has 1 amide bonds. The lowest BCUT2D eigenvalue weighted by atomic mass is 10.1. The van der Waals surface area contributed by atoms with Crippen LogP contribution >= 0.6 is 11.8 Å². The smallest absolute Gasteiger partial charge is 0.495 e. The Hall–Kier alpha value is -2.62. The third-order valence-electron chi connectivity index (χ3n) is 4.08. The lowest BCUT2D eigenvalue weighted by molar-refractivity contribution is -0.274. The molecule has 1 aromatic carbocycles. The lowest BCUT2D eigenvalue weighted by Gasteiger charge is -2.26. The molecule has 3 rings (SSSR count). The highest BCUT2D eigenvalue weighted by Crippen LogP contribution is 2.46. The maximum Gasteiger partial charge on any atom is 0.573 e. The number of carbonyl (C=O) groups is 1. The molecular weight excluding hydrogens is 397 g/mol. The number of amides is 1. The van der Waals surface area contributed by atoms with E-state index in [4.69, 9.17) is 9.47 Å². The Balaban J connectivity index is 1.84. The molecule has 1 atom stereocenters. The fraction of sp³-hybridized carbons (Fsp3) is 0.333. The topological polar surface area (TPSA) is 60.9 Å². The van der Waals surface area contributed by atoms with E-state index in [-0.39, 0.29) is 29.3 Å². The summed E-state index contributed by atoms with van der Waals surface area (Å²) < 4.78 is 51.5. The van der Waals surface area contributed by atoms with Crippen LogP contribution < -0.4 is 14.2 Å². The van der Waals surface area contributed by atoms with Crippen LogP contribution in [0.5, 0.6) is 17.2 Å². The zero-order valence-corrected chi connectivity index (χ0v) is 15.8. The van der Waals surface area contributed by atoms with Gasteiger partial charge in [-0.05, 0) is 17.7 Å². The SMILES string of the molecule is COc1cncc(OC)c1C1SCC(=O)N1Cc1ccc(OC(F)(F)F)cc1. The number of ether oxygens (including phenoxy) is 3. The highest BCUT2D eigenvalue weighted by molar-refractivity contribution is 8.00. The Morgan fingerprint density at radius 1 is 1.14 bits per heavy atom. The van der Waals surface area contributed by atoms with Gasteiger partial charge in [-0.1, -0.05) is 12.1 Å². The van der Waals surface area contributed by atoms with E-state index in [9.17, 15) is 18.0 Å². The van der Waals surface area contributed by atoms with Crippen molar-refractivity contribution in [1.82, 2.24) is 9.88 Å². The number of hydrogen-bond donors (Lipinski definition) is 0. The first kappa shape index (κ1) is 20.1. The maximum atomic E-state index is 12.5. The maximum absolute atomic E-state index is 12.5. The highest BCUT2D eigenvalue weighted by atomic mass is 32.2. The molecule has 1 aromatic heterocycles.